The quantitative estimate of drug-likeness (QED) is 0.440. The summed E-state index contributed by atoms with van der Waals surface area (Å²) in [7, 11) is 0.116. The molecule has 7 aliphatic rings. The molecule has 3 atom stereocenters. The Morgan fingerprint density at radius 3 is 2.24 bits per heavy atom. The third kappa shape index (κ3) is 3.26. The van der Waals surface area contributed by atoms with Crippen LogP contribution in [-0.4, -0.2) is 71.2 Å². The third-order valence-corrected chi connectivity index (χ3v) is 11.4. The molecule has 2 amide bonds. The number of para-hydroxylation sites is 1. The molecule has 4 heterocycles. The van der Waals surface area contributed by atoms with E-state index in [1.807, 2.05) is 12.2 Å². The first-order valence-corrected chi connectivity index (χ1v) is 15.1. The van der Waals surface area contributed by atoms with Gasteiger partial charge in [0.15, 0.2) is 0 Å². The highest BCUT2D eigenvalue weighted by Crippen LogP contribution is 2.55. The van der Waals surface area contributed by atoms with E-state index < -0.39 is 0 Å². The van der Waals surface area contributed by atoms with E-state index in [2.05, 4.69) is 49.8 Å². The van der Waals surface area contributed by atoms with Gasteiger partial charge in [0.25, 0.3) is 11.8 Å². The summed E-state index contributed by atoms with van der Waals surface area (Å²) in [6, 6.07) is 8.78. The Morgan fingerprint density at radius 1 is 0.838 bits per heavy atom. The number of piperazine rings is 1. The predicted octanol–water partition coefficient (Wildman–Crippen LogP) is 4.07. The molecule has 1 aromatic carbocycles. The van der Waals surface area contributed by atoms with Gasteiger partial charge in [0.1, 0.15) is 5.82 Å². The zero-order valence-corrected chi connectivity index (χ0v) is 21.9. The molecule has 37 heavy (non-hydrogen) atoms. The Labute approximate surface area is 220 Å². The van der Waals surface area contributed by atoms with Gasteiger partial charge in [-0.15, -0.1) is 0 Å². The van der Waals surface area contributed by atoms with Crippen LogP contribution in [0.15, 0.2) is 75.5 Å². The fraction of sp³-hybridized carbons (Fsp3) is 0.433. The van der Waals surface area contributed by atoms with Crippen molar-refractivity contribution in [3.05, 3.63) is 70.6 Å². The van der Waals surface area contributed by atoms with Gasteiger partial charge >= 0.3 is 0 Å². The third-order valence-electron chi connectivity index (χ3n) is 9.41. The van der Waals surface area contributed by atoms with Gasteiger partial charge in [0, 0.05) is 44.2 Å². The van der Waals surface area contributed by atoms with E-state index in [0.717, 1.165) is 56.7 Å². The molecule has 1 aromatic rings. The number of amides is 2. The van der Waals surface area contributed by atoms with Crippen molar-refractivity contribution >= 4 is 33.5 Å². The summed E-state index contributed by atoms with van der Waals surface area (Å²) >= 11 is 0. The molecule has 190 valence electrons. The van der Waals surface area contributed by atoms with Gasteiger partial charge in [0.2, 0.25) is 0 Å². The van der Waals surface area contributed by atoms with Crippen molar-refractivity contribution in [2.75, 3.05) is 43.6 Å². The number of anilines is 1. The van der Waals surface area contributed by atoms with Gasteiger partial charge < -0.3 is 4.90 Å². The first-order valence-electron chi connectivity index (χ1n) is 13.8. The van der Waals surface area contributed by atoms with Gasteiger partial charge in [-0.05, 0) is 65.8 Å². The van der Waals surface area contributed by atoms with Crippen LogP contribution >= 0.6 is 10.7 Å². The molecule has 2 bridgehead atoms. The summed E-state index contributed by atoms with van der Waals surface area (Å²) in [4.78, 5) is 34.6. The minimum Gasteiger partial charge on any atom is -0.355 e. The SMILES string of the molecule is O=C1C2=C3C=CC(=C2C(=O)N1C[C@@H]1CCCC[C@H]1CN1CCN(C2=CC=S4c5ccccc5N24)CC1)C3. The van der Waals surface area contributed by atoms with Crippen molar-refractivity contribution in [1.29, 1.82) is 0 Å². The number of hydrogen-bond acceptors (Lipinski definition) is 5. The number of hydrogen-bond donors (Lipinski definition) is 0. The van der Waals surface area contributed by atoms with Gasteiger partial charge in [0.05, 0.1) is 16.8 Å². The maximum atomic E-state index is 13.2. The van der Waals surface area contributed by atoms with Crippen molar-refractivity contribution in [2.24, 2.45) is 11.8 Å². The average Bonchev–Trinajstić information content (AvgIpc) is 3.68. The Hall–Kier alpha value is -2.90. The number of nitrogens with zero attached hydrogens (tertiary/aromatic N) is 4. The summed E-state index contributed by atoms with van der Waals surface area (Å²) in [5, 5.41) is 2.36. The van der Waals surface area contributed by atoms with Crippen LogP contribution in [0.4, 0.5) is 5.69 Å². The van der Waals surface area contributed by atoms with Crippen LogP contribution in [0.1, 0.15) is 32.1 Å². The fourth-order valence-electron chi connectivity index (χ4n) is 7.45. The Bertz CT molecular complexity index is 1350. The van der Waals surface area contributed by atoms with Crippen molar-refractivity contribution in [1.82, 2.24) is 14.7 Å². The molecule has 6 nitrogen and oxygen atoms in total. The number of likely N-dealkylation sites (tertiary alicyclic amines) is 1. The van der Waals surface area contributed by atoms with E-state index in [1.54, 1.807) is 4.90 Å². The van der Waals surface area contributed by atoms with Crippen molar-refractivity contribution in [3.8, 4) is 0 Å². The summed E-state index contributed by atoms with van der Waals surface area (Å²) in [5.74, 6) is 2.25. The average molecular weight is 513 g/mol. The highest BCUT2D eigenvalue weighted by Gasteiger charge is 2.47. The molecular formula is C30H32N4O2S. The molecule has 0 radical (unpaired) electrons. The van der Waals surface area contributed by atoms with E-state index in [1.165, 1.54) is 35.7 Å². The zero-order valence-electron chi connectivity index (χ0n) is 21.1. The Balaban J connectivity index is 0.907. The molecule has 3 aliphatic carbocycles. The molecule has 1 unspecified atom stereocenters. The Morgan fingerprint density at radius 2 is 1.51 bits per heavy atom. The number of rotatable bonds is 5. The van der Waals surface area contributed by atoms with Gasteiger partial charge in [-0.1, -0.05) is 47.8 Å². The monoisotopic (exact) mass is 512 g/mol. The molecule has 4 aliphatic heterocycles. The molecule has 2 saturated heterocycles. The lowest BCUT2D eigenvalue weighted by Crippen LogP contribution is -2.50. The summed E-state index contributed by atoms with van der Waals surface area (Å²) in [6.07, 6.45) is 11.9. The Kier molecular flexibility index (Phi) is 4.96. The largest absolute Gasteiger partial charge is 0.355 e. The minimum atomic E-state index is -0.0412. The highest BCUT2D eigenvalue weighted by atomic mass is 32.2. The fourth-order valence-corrected chi connectivity index (χ4v) is 9.37. The van der Waals surface area contributed by atoms with Crippen LogP contribution in [0.2, 0.25) is 0 Å². The number of fused-ring (bicyclic) bond motifs is 7. The maximum Gasteiger partial charge on any atom is 0.261 e. The molecular weight excluding hydrogens is 480 g/mol. The standard InChI is InChI=1S/C30H32N4O2S/c35-29-27-20-9-10-21(17-20)28(27)30(36)33(29)19-23-6-2-1-5-22(23)18-31-12-14-32(15-13-31)26-11-16-37-25-8-4-3-7-24(25)34(26)37/h3-4,7-11,16,22-23H,1-2,5-6,12-15,17-19H2/t22-,23-,37?/m0/s1. The molecule has 8 rings (SSSR count). The number of carbonyl (C=O) groups is 2. The number of carbonyl (C=O) groups excluding carboxylic acids is 2. The zero-order chi connectivity index (χ0) is 24.7. The topological polar surface area (TPSA) is 47.1 Å². The highest BCUT2D eigenvalue weighted by molar-refractivity contribution is 8.18. The second kappa shape index (κ2) is 8.30. The summed E-state index contributed by atoms with van der Waals surface area (Å²) in [6.45, 7) is 5.93. The van der Waals surface area contributed by atoms with Gasteiger partial charge in [-0.3, -0.25) is 23.7 Å². The maximum absolute atomic E-state index is 13.2. The second-order valence-electron chi connectivity index (χ2n) is 11.4. The van der Waals surface area contributed by atoms with Crippen LogP contribution in [0.3, 0.4) is 0 Å². The summed E-state index contributed by atoms with van der Waals surface area (Å²) in [5.41, 5.74) is 4.87. The van der Waals surface area contributed by atoms with E-state index in [9.17, 15) is 9.59 Å². The van der Waals surface area contributed by atoms with E-state index in [0.29, 0.717) is 29.5 Å². The van der Waals surface area contributed by atoms with Crippen molar-refractivity contribution in [3.63, 3.8) is 0 Å². The number of allylic oxidation sites excluding steroid dienone is 5. The molecule has 0 spiro atoms. The second-order valence-corrected chi connectivity index (χ2v) is 13.1. The lowest BCUT2D eigenvalue weighted by molar-refractivity contribution is -0.137. The van der Waals surface area contributed by atoms with E-state index in [-0.39, 0.29) is 22.5 Å². The van der Waals surface area contributed by atoms with E-state index >= 15 is 0 Å². The summed E-state index contributed by atoms with van der Waals surface area (Å²) < 4.78 is 2.51. The lowest BCUT2D eigenvalue weighted by Gasteiger charge is -2.45. The molecule has 0 N–H and O–H groups in total. The van der Waals surface area contributed by atoms with Crippen molar-refractivity contribution < 1.29 is 9.59 Å². The van der Waals surface area contributed by atoms with Gasteiger partial charge in [-0.2, -0.15) is 0 Å². The minimum absolute atomic E-state index is 0.0412. The smallest absolute Gasteiger partial charge is 0.261 e. The van der Waals surface area contributed by atoms with Crippen LogP contribution in [0.5, 0.6) is 0 Å². The molecule has 7 heteroatoms. The van der Waals surface area contributed by atoms with Crippen LogP contribution in [0.25, 0.3) is 0 Å². The molecule has 1 saturated carbocycles. The predicted molar refractivity (Wildman–Crippen MR) is 147 cm³/mol. The first-order chi connectivity index (χ1) is 18.2. The lowest BCUT2D eigenvalue weighted by atomic mass is 9.78. The molecule has 3 fully saturated rings. The van der Waals surface area contributed by atoms with E-state index in [4.69, 9.17) is 0 Å². The van der Waals surface area contributed by atoms with Crippen LogP contribution < -0.4 is 4.31 Å². The first kappa shape index (κ1) is 22.1. The van der Waals surface area contributed by atoms with Crippen molar-refractivity contribution in [2.45, 2.75) is 37.0 Å². The normalized spacial score (nSPS) is 30.1. The van der Waals surface area contributed by atoms with Crippen LogP contribution in [-0.2, 0) is 9.59 Å². The number of imide groups is 1. The van der Waals surface area contributed by atoms with Gasteiger partial charge in [-0.25, -0.2) is 0 Å². The number of benzene rings is 1. The molecule has 0 aromatic heterocycles. The van der Waals surface area contributed by atoms with Crippen LogP contribution in [0, 0.1) is 11.8 Å².